The van der Waals surface area contributed by atoms with Gasteiger partial charge in [-0.1, -0.05) is 32.0 Å². The number of imide groups is 1. The SMILES string of the molecule is CC.COc1cc(C)ccc1CCCNc1cccc2c1C(=O)NC2=O. The summed E-state index contributed by atoms with van der Waals surface area (Å²) < 4.78 is 5.42. The lowest BCUT2D eigenvalue weighted by Gasteiger charge is -2.11. The molecule has 0 atom stereocenters. The largest absolute Gasteiger partial charge is 0.496 e. The third kappa shape index (κ3) is 4.23. The molecular formula is C21H26N2O3. The topological polar surface area (TPSA) is 67.4 Å². The number of hydrogen-bond donors (Lipinski definition) is 2. The van der Waals surface area contributed by atoms with Crippen LogP contribution in [0.4, 0.5) is 5.69 Å². The van der Waals surface area contributed by atoms with Crippen LogP contribution in [0.15, 0.2) is 36.4 Å². The van der Waals surface area contributed by atoms with E-state index in [1.54, 1.807) is 19.2 Å². The molecular weight excluding hydrogens is 328 g/mol. The van der Waals surface area contributed by atoms with Crippen molar-refractivity contribution >= 4 is 17.5 Å². The molecule has 138 valence electrons. The average Bonchev–Trinajstić information content (AvgIpc) is 2.96. The predicted molar refractivity (Wildman–Crippen MR) is 104 cm³/mol. The highest BCUT2D eigenvalue weighted by atomic mass is 16.5. The van der Waals surface area contributed by atoms with Crippen molar-refractivity contribution in [2.45, 2.75) is 33.6 Å². The van der Waals surface area contributed by atoms with Crippen LogP contribution in [0.5, 0.6) is 5.75 Å². The minimum atomic E-state index is -0.335. The van der Waals surface area contributed by atoms with Crippen LogP contribution in [0.1, 0.15) is 52.1 Å². The molecule has 1 aliphatic heterocycles. The molecule has 2 amide bonds. The summed E-state index contributed by atoms with van der Waals surface area (Å²) in [7, 11) is 1.68. The van der Waals surface area contributed by atoms with Gasteiger partial charge in [0.25, 0.3) is 11.8 Å². The highest BCUT2D eigenvalue weighted by Crippen LogP contribution is 2.25. The summed E-state index contributed by atoms with van der Waals surface area (Å²) in [5.41, 5.74) is 3.91. The molecule has 2 N–H and O–H groups in total. The Balaban J connectivity index is 0.00000117. The second-order valence-electron chi connectivity index (χ2n) is 5.86. The average molecular weight is 354 g/mol. The van der Waals surface area contributed by atoms with E-state index in [0.29, 0.717) is 23.4 Å². The minimum Gasteiger partial charge on any atom is -0.496 e. The fourth-order valence-corrected chi connectivity index (χ4v) is 2.93. The van der Waals surface area contributed by atoms with Gasteiger partial charge in [0.2, 0.25) is 0 Å². The number of hydrogen-bond acceptors (Lipinski definition) is 4. The molecule has 26 heavy (non-hydrogen) atoms. The molecule has 0 unspecified atom stereocenters. The summed E-state index contributed by atoms with van der Waals surface area (Å²) in [4.78, 5) is 23.5. The third-order valence-electron chi connectivity index (χ3n) is 4.14. The van der Waals surface area contributed by atoms with Crippen molar-refractivity contribution in [1.82, 2.24) is 5.32 Å². The number of methoxy groups -OCH3 is 1. The quantitative estimate of drug-likeness (QED) is 0.609. The van der Waals surface area contributed by atoms with E-state index in [2.05, 4.69) is 22.8 Å². The van der Waals surface area contributed by atoms with Crippen LogP contribution in [-0.4, -0.2) is 25.5 Å². The zero-order chi connectivity index (χ0) is 19.1. The number of carbonyl (C=O) groups excluding carboxylic acids is 2. The number of amides is 2. The lowest BCUT2D eigenvalue weighted by Crippen LogP contribution is -2.20. The zero-order valence-corrected chi connectivity index (χ0v) is 15.8. The fraction of sp³-hybridized carbons (Fsp3) is 0.333. The monoisotopic (exact) mass is 354 g/mol. The second kappa shape index (κ2) is 9.04. The zero-order valence-electron chi connectivity index (χ0n) is 15.8. The van der Waals surface area contributed by atoms with E-state index < -0.39 is 0 Å². The minimum absolute atomic E-state index is 0.331. The Labute approximate surface area is 154 Å². The van der Waals surface area contributed by atoms with Gasteiger partial charge in [-0.25, -0.2) is 0 Å². The molecule has 2 aromatic carbocycles. The standard InChI is InChI=1S/C19H20N2O3.C2H6/c1-12-8-9-13(16(11-12)24-2)5-4-10-20-15-7-3-6-14-17(15)19(23)21-18(14)22;1-2/h3,6-9,11,20H,4-5,10H2,1-2H3,(H,21,22,23);1-2H3. The second-order valence-corrected chi connectivity index (χ2v) is 5.86. The Morgan fingerprint density at radius 2 is 1.85 bits per heavy atom. The van der Waals surface area contributed by atoms with Crippen molar-refractivity contribution in [3.8, 4) is 5.75 Å². The summed E-state index contributed by atoms with van der Waals surface area (Å²) in [6, 6.07) is 11.5. The first-order valence-electron chi connectivity index (χ1n) is 8.96. The first-order valence-corrected chi connectivity index (χ1v) is 8.96. The van der Waals surface area contributed by atoms with Crippen molar-refractivity contribution in [1.29, 1.82) is 0 Å². The van der Waals surface area contributed by atoms with Crippen LogP contribution < -0.4 is 15.4 Å². The third-order valence-corrected chi connectivity index (χ3v) is 4.14. The van der Waals surface area contributed by atoms with E-state index in [0.717, 1.165) is 24.2 Å². The number of fused-ring (bicyclic) bond motifs is 1. The van der Waals surface area contributed by atoms with Gasteiger partial charge < -0.3 is 10.1 Å². The smallest absolute Gasteiger partial charge is 0.261 e. The molecule has 0 bridgehead atoms. The summed E-state index contributed by atoms with van der Waals surface area (Å²) in [5, 5.41) is 5.59. The number of aryl methyl sites for hydroxylation is 2. The Kier molecular flexibility index (Phi) is 6.78. The van der Waals surface area contributed by atoms with Gasteiger partial charge in [-0.2, -0.15) is 0 Å². The van der Waals surface area contributed by atoms with Gasteiger partial charge in [0.1, 0.15) is 5.75 Å². The molecule has 0 radical (unpaired) electrons. The van der Waals surface area contributed by atoms with Crippen molar-refractivity contribution in [2.24, 2.45) is 0 Å². The lowest BCUT2D eigenvalue weighted by atomic mass is 10.1. The van der Waals surface area contributed by atoms with E-state index in [1.807, 2.05) is 32.9 Å². The first kappa shape index (κ1) is 19.5. The summed E-state index contributed by atoms with van der Waals surface area (Å²) in [6.45, 7) is 6.74. The van der Waals surface area contributed by atoms with Gasteiger partial charge in [0, 0.05) is 12.2 Å². The molecule has 0 aromatic heterocycles. The number of rotatable bonds is 6. The van der Waals surface area contributed by atoms with Crippen molar-refractivity contribution in [3.63, 3.8) is 0 Å². The van der Waals surface area contributed by atoms with Gasteiger partial charge >= 0.3 is 0 Å². The molecule has 5 heteroatoms. The maximum Gasteiger partial charge on any atom is 0.261 e. The molecule has 3 rings (SSSR count). The van der Waals surface area contributed by atoms with E-state index in [4.69, 9.17) is 4.74 Å². The van der Waals surface area contributed by atoms with Crippen molar-refractivity contribution in [3.05, 3.63) is 58.7 Å². The van der Waals surface area contributed by atoms with Gasteiger partial charge in [-0.05, 0) is 49.1 Å². The van der Waals surface area contributed by atoms with E-state index in [9.17, 15) is 9.59 Å². The normalized spacial score (nSPS) is 12.0. The van der Waals surface area contributed by atoms with Crippen LogP contribution in [-0.2, 0) is 6.42 Å². The van der Waals surface area contributed by atoms with Gasteiger partial charge in [-0.3, -0.25) is 14.9 Å². The Morgan fingerprint density at radius 1 is 1.08 bits per heavy atom. The van der Waals surface area contributed by atoms with Gasteiger partial charge in [-0.15, -0.1) is 0 Å². The molecule has 2 aromatic rings. The predicted octanol–water partition coefficient (Wildman–Crippen LogP) is 3.96. The first-order chi connectivity index (χ1) is 12.6. The molecule has 0 fully saturated rings. The molecule has 0 saturated carbocycles. The van der Waals surface area contributed by atoms with Gasteiger partial charge in [0.15, 0.2) is 0 Å². The van der Waals surface area contributed by atoms with Crippen LogP contribution in [0, 0.1) is 6.92 Å². The van der Waals surface area contributed by atoms with E-state index in [1.165, 1.54) is 5.56 Å². The van der Waals surface area contributed by atoms with Gasteiger partial charge in [0.05, 0.1) is 18.2 Å². The van der Waals surface area contributed by atoms with Crippen LogP contribution >= 0.6 is 0 Å². The number of nitrogens with one attached hydrogen (secondary N) is 2. The molecule has 5 nitrogen and oxygen atoms in total. The van der Waals surface area contributed by atoms with E-state index >= 15 is 0 Å². The number of anilines is 1. The van der Waals surface area contributed by atoms with E-state index in [-0.39, 0.29) is 11.8 Å². The summed E-state index contributed by atoms with van der Waals surface area (Å²) in [6.07, 6.45) is 1.76. The lowest BCUT2D eigenvalue weighted by molar-refractivity contribution is 0.0880. The van der Waals surface area contributed by atoms with Crippen LogP contribution in [0.25, 0.3) is 0 Å². The highest BCUT2D eigenvalue weighted by molar-refractivity contribution is 6.23. The number of carbonyl (C=O) groups is 2. The number of ether oxygens (including phenoxy) is 1. The molecule has 0 aliphatic carbocycles. The molecule has 1 aliphatic rings. The molecule has 0 saturated heterocycles. The highest BCUT2D eigenvalue weighted by Gasteiger charge is 2.28. The molecule has 1 heterocycles. The van der Waals surface area contributed by atoms with Crippen LogP contribution in [0.2, 0.25) is 0 Å². The fourth-order valence-electron chi connectivity index (χ4n) is 2.93. The Morgan fingerprint density at radius 3 is 2.58 bits per heavy atom. The molecule has 0 spiro atoms. The maximum atomic E-state index is 11.9. The Bertz CT molecular complexity index is 800. The van der Waals surface area contributed by atoms with Crippen LogP contribution in [0.3, 0.4) is 0 Å². The summed E-state index contributed by atoms with van der Waals surface area (Å²) in [5.74, 6) is 0.238. The van der Waals surface area contributed by atoms with Crippen molar-refractivity contribution in [2.75, 3.05) is 19.0 Å². The number of benzene rings is 2. The summed E-state index contributed by atoms with van der Waals surface area (Å²) >= 11 is 0. The Hall–Kier alpha value is -2.82. The van der Waals surface area contributed by atoms with Crippen molar-refractivity contribution < 1.29 is 14.3 Å². The maximum absolute atomic E-state index is 11.9.